The molecule has 0 amide bonds. The lowest BCUT2D eigenvalue weighted by molar-refractivity contribution is 0.0448. The highest BCUT2D eigenvalue weighted by Gasteiger charge is 2.21. The van der Waals surface area contributed by atoms with Crippen LogP contribution in [0.4, 0.5) is 0 Å². The molecule has 0 spiro atoms. The van der Waals surface area contributed by atoms with E-state index in [2.05, 4.69) is 0 Å². The highest BCUT2D eigenvalue weighted by molar-refractivity contribution is 5.78. The van der Waals surface area contributed by atoms with Crippen LogP contribution in [0, 0.1) is 0 Å². The molecular formula is C19H24O6. The van der Waals surface area contributed by atoms with Gasteiger partial charge in [0.25, 0.3) is 0 Å². The van der Waals surface area contributed by atoms with E-state index in [1.165, 1.54) is 7.11 Å². The van der Waals surface area contributed by atoms with E-state index in [0.29, 0.717) is 30.1 Å². The molecule has 0 fully saturated rings. The summed E-state index contributed by atoms with van der Waals surface area (Å²) in [5.74, 6) is 0.902. The molecule has 0 radical (unpaired) electrons. The van der Waals surface area contributed by atoms with Crippen LogP contribution in [0.5, 0.6) is 17.2 Å². The highest BCUT2D eigenvalue weighted by Crippen LogP contribution is 2.44. The van der Waals surface area contributed by atoms with Crippen LogP contribution < -0.4 is 9.47 Å². The molecule has 0 saturated carbocycles. The first-order chi connectivity index (χ1) is 12.2. The molecule has 6 heteroatoms. The largest absolute Gasteiger partial charge is 0.504 e. The van der Waals surface area contributed by atoms with Gasteiger partial charge in [-0.2, -0.15) is 0 Å². The quantitative estimate of drug-likeness (QED) is 0.665. The van der Waals surface area contributed by atoms with Crippen LogP contribution in [-0.4, -0.2) is 46.6 Å². The summed E-state index contributed by atoms with van der Waals surface area (Å²) in [4.78, 5) is 0. The van der Waals surface area contributed by atoms with Gasteiger partial charge in [0.05, 0.1) is 6.61 Å². The van der Waals surface area contributed by atoms with Gasteiger partial charge in [0.15, 0.2) is 25.1 Å². The number of phenols is 1. The molecule has 25 heavy (non-hydrogen) atoms. The predicted octanol–water partition coefficient (Wildman–Crippen LogP) is 3.21. The Kier molecular flexibility index (Phi) is 7.53. The first-order valence-electron chi connectivity index (χ1n) is 7.89. The van der Waals surface area contributed by atoms with Gasteiger partial charge in [-0.1, -0.05) is 30.3 Å². The maximum atomic E-state index is 10.7. The van der Waals surface area contributed by atoms with Gasteiger partial charge in [-0.15, -0.1) is 0 Å². The van der Waals surface area contributed by atoms with E-state index in [4.69, 9.17) is 23.7 Å². The molecule has 0 aliphatic heterocycles. The number of ether oxygens (including phenoxy) is 5. The van der Waals surface area contributed by atoms with E-state index in [1.54, 1.807) is 20.3 Å². The average molecular weight is 348 g/mol. The number of rotatable bonds is 10. The Hall–Kier alpha value is -2.28. The van der Waals surface area contributed by atoms with Gasteiger partial charge >= 0.3 is 0 Å². The van der Waals surface area contributed by atoms with Crippen molar-refractivity contribution >= 4 is 0 Å². The maximum Gasteiger partial charge on any atom is 0.188 e. The minimum absolute atomic E-state index is 0.0195. The van der Waals surface area contributed by atoms with Gasteiger partial charge in [-0.25, -0.2) is 0 Å². The number of methoxy groups -OCH3 is 3. The SMILES string of the molecule is COCCc1c(O)c(OCOC)cc(OCOC)c1-c1ccccc1. The molecule has 2 rings (SSSR count). The molecule has 0 bridgehead atoms. The van der Waals surface area contributed by atoms with Gasteiger partial charge in [-0.3, -0.25) is 0 Å². The van der Waals surface area contributed by atoms with Gasteiger partial charge in [-0.05, 0) is 5.56 Å². The zero-order valence-corrected chi connectivity index (χ0v) is 14.8. The van der Waals surface area contributed by atoms with Crippen molar-refractivity contribution in [3.8, 4) is 28.4 Å². The zero-order valence-electron chi connectivity index (χ0n) is 14.8. The fourth-order valence-electron chi connectivity index (χ4n) is 2.51. The summed E-state index contributed by atoms with van der Waals surface area (Å²) in [7, 11) is 4.69. The summed E-state index contributed by atoms with van der Waals surface area (Å²) in [6, 6.07) is 11.4. The molecule has 0 aromatic heterocycles. The second kappa shape index (κ2) is 9.88. The minimum atomic E-state index is 0.0195. The first kappa shape index (κ1) is 19.1. The molecule has 1 N–H and O–H groups in total. The van der Waals surface area contributed by atoms with E-state index in [-0.39, 0.29) is 19.3 Å². The van der Waals surface area contributed by atoms with E-state index >= 15 is 0 Å². The molecule has 0 aliphatic rings. The van der Waals surface area contributed by atoms with Gasteiger partial charge in [0.1, 0.15) is 5.75 Å². The number of hydrogen-bond acceptors (Lipinski definition) is 6. The van der Waals surface area contributed by atoms with Crippen molar-refractivity contribution in [3.05, 3.63) is 42.0 Å². The molecule has 0 saturated heterocycles. The highest BCUT2D eigenvalue weighted by atomic mass is 16.7. The Morgan fingerprint density at radius 2 is 1.48 bits per heavy atom. The predicted molar refractivity (Wildman–Crippen MR) is 94.1 cm³/mol. The fourth-order valence-corrected chi connectivity index (χ4v) is 2.51. The summed E-state index contributed by atoms with van der Waals surface area (Å²) in [5.41, 5.74) is 2.40. The van der Waals surface area contributed by atoms with Crippen molar-refractivity contribution in [1.29, 1.82) is 0 Å². The van der Waals surface area contributed by atoms with Crippen molar-refractivity contribution < 1.29 is 28.8 Å². The first-order valence-corrected chi connectivity index (χ1v) is 7.89. The van der Waals surface area contributed by atoms with Crippen molar-refractivity contribution in [2.75, 3.05) is 41.5 Å². The topological polar surface area (TPSA) is 66.4 Å². The smallest absolute Gasteiger partial charge is 0.188 e. The number of aromatic hydroxyl groups is 1. The van der Waals surface area contributed by atoms with Gasteiger partial charge < -0.3 is 28.8 Å². The molecule has 0 atom stereocenters. The Labute approximate surface area is 147 Å². The van der Waals surface area contributed by atoms with Crippen LogP contribution in [0.2, 0.25) is 0 Å². The summed E-state index contributed by atoms with van der Waals surface area (Å²) < 4.78 is 26.4. The third-order valence-electron chi connectivity index (χ3n) is 3.61. The molecule has 2 aromatic carbocycles. The zero-order chi connectivity index (χ0) is 18.1. The Morgan fingerprint density at radius 3 is 2.08 bits per heavy atom. The van der Waals surface area contributed by atoms with Crippen molar-refractivity contribution in [3.63, 3.8) is 0 Å². The summed E-state index contributed by atoms with van der Waals surface area (Å²) in [6.07, 6.45) is 0.500. The molecular weight excluding hydrogens is 324 g/mol. The van der Waals surface area contributed by atoms with Gasteiger partial charge in [0, 0.05) is 44.9 Å². The Balaban J connectivity index is 2.59. The molecule has 0 heterocycles. The van der Waals surface area contributed by atoms with E-state index in [9.17, 15) is 5.11 Å². The van der Waals surface area contributed by atoms with Crippen LogP contribution in [0.1, 0.15) is 5.56 Å². The number of phenolic OH excluding ortho intramolecular Hbond substituents is 1. The van der Waals surface area contributed by atoms with E-state index < -0.39 is 0 Å². The third kappa shape index (κ3) is 4.85. The second-order valence-electron chi connectivity index (χ2n) is 5.29. The Bertz CT molecular complexity index is 657. The monoisotopic (exact) mass is 348 g/mol. The van der Waals surface area contributed by atoms with Crippen molar-refractivity contribution in [2.24, 2.45) is 0 Å². The lowest BCUT2D eigenvalue weighted by Crippen LogP contribution is -2.07. The fraction of sp³-hybridized carbons (Fsp3) is 0.368. The second-order valence-corrected chi connectivity index (χ2v) is 5.29. The maximum absolute atomic E-state index is 10.7. The Morgan fingerprint density at radius 1 is 0.840 bits per heavy atom. The third-order valence-corrected chi connectivity index (χ3v) is 3.61. The standard InChI is InChI=1S/C19H24O6/c1-21-10-9-15-18(14-7-5-4-6-8-14)16(24-12-22-2)11-17(19(15)20)25-13-23-3/h4-8,11,20H,9-10,12-13H2,1-3H3. The minimum Gasteiger partial charge on any atom is -0.504 e. The molecule has 2 aromatic rings. The van der Waals surface area contributed by atoms with Crippen LogP contribution in [0.25, 0.3) is 11.1 Å². The lowest BCUT2D eigenvalue weighted by Gasteiger charge is -2.20. The van der Waals surface area contributed by atoms with Gasteiger partial charge in [0.2, 0.25) is 0 Å². The van der Waals surface area contributed by atoms with Crippen LogP contribution >= 0.6 is 0 Å². The van der Waals surface area contributed by atoms with Crippen LogP contribution in [0.3, 0.4) is 0 Å². The molecule has 6 nitrogen and oxygen atoms in total. The average Bonchev–Trinajstić information content (AvgIpc) is 2.65. The number of hydrogen-bond donors (Lipinski definition) is 1. The van der Waals surface area contributed by atoms with Crippen LogP contribution in [-0.2, 0) is 20.6 Å². The molecule has 136 valence electrons. The van der Waals surface area contributed by atoms with Crippen molar-refractivity contribution in [1.82, 2.24) is 0 Å². The summed E-state index contributed by atoms with van der Waals surface area (Å²) >= 11 is 0. The number of benzene rings is 2. The van der Waals surface area contributed by atoms with E-state index in [1.807, 2.05) is 30.3 Å². The molecule has 0 aliphatic carbocycles. The summed E-state index contributed by atoms with van der Waals surface area (Å²) in [5, 5.41) is 10.7. The van der Waals surface area contributed by atoms with Crippen molar-refractivity contribution in [2.45, 2.75) is 6.42 Å². The summed E-state index contributed by atoms with van der Waals surface area (Å²) in [6.45, 7) is 0.550. The molecule has 0 unspecified atom stereocenters. The lowest BCUT2D eigenvalue weighted by atomic mass is 9.95. The van der Waals surface area contributed by atoms with E-state index in [0.717, 1.165) is 11.1 Å². The normalized spacial score (nSPS) is 10.7. The van der Waals surface area contributed by atoms with Crippen LogP contribution in [0.15, 0.2) is 36.4 Å².